The van der Waals surface area contributed by atoms with Crippen molar-refractivity contribution in [2.75, 3.05) is 6.54 Å². The van der Waals surface area contributed by atoms with Crippen molar-refractivity contribution in [3.05, 3.63) is 0 Å². The summed E-state index contributed by atoms with van der Waals surface area (Å²) in [6.07, 6.45) is 0. The summed E-state index contributed by atoms with van der Waals surface area (Å²) in [6, 6.07) is 0. The van der Waals surface area contributed by atoms with Gasteiger partial charge in [0.25, 0.3) is 0 Å². The zero-order valence-corrected chi connectivity index (χ0v) is 4.76. The van der Waals surface area contributed by atoms with E-state index in [0.717, 1.165) is 0 Å². The second kappa shape index (κ2) is 2.96. The van der Waals surface area contributed by atoms with Gasteiger partial charge in [-0.1, -0.05) is 13.8 Å². The van der Waals surface area contributed by atoms with Crippen LogP contribution in [0.4, 0.5) is 0 Å². The van der Waals surface area contributed by atoms with E-state index >= 15 is 0 Å². The standard InChI is InChI=1S/C4H12N2O/c1-4(2)3-6(5)7/h4,7H,3,5H2,1-2H3. The summed E-state index contributed by atoms with van der Waals surface area (Å²) in [5.41, 5.74) is 0. The predicted molar refractivity (Wildman–Crippen MR) is 27.5 cm³/mol. The van der Waals surface area contributed by atoms with Gasteiger partial charge < -0.3 is 0 Å². The Labute approximate surface area is 43.7 Å². The SMILES string of the molecule is CC(C)CN(N)O. The molecule has 0 amide bonds. The Morgan fingerprint density at radius 3 is 2.14 bits per heavy atom. The molecular formula is C4H12N2O. The third kappa shape index (κ3) is 5.88. The first-order valence-corrected chi connectivity index (χ1v) is 2.34. The van der Waals surface area contributed by atoms with E-state index in [2.05, 4.69) is 0 Å². The van der Waals surface area contributed by atoms with Gasteiger partial charge >= 0.3 is 0 Å². The van der Waals surface area contributed by atoms with E-state index in [1.165, 1.54) is 0 Å². The van der Waals surface area contributed by atoms with Crippen LogP contribution in [-0.2, 0) is 0 Å². The van der Waals surface area contributed by atoms with Crippen LogP contribution in [0.2, 0.25) is 0 Å². The van der Waals surface area contributed by atoms with E-state index in [0.29, 0.717) is 17.6 Å². The van der Waals surface area contributed by atoms with Crippen molar-refractivity contribution in [1.29, 1.82) is 0 Å². The van der Waals surface area contributed by atoms with Gasteiger partial charge in [0.1, 0.15) is 0 Å². The smallest absolute Gasteiger partial charge is 0.0419 e. The fraction of sp³-hybridized carbons (Fsp3) is 1.00. The van der Waals surface area contributed by atoms with Gasteiger partial charge in [-0.25, -0.2) is 5.84 Å². The van der Waals surface area contributed by atoms with Crippen molar-refractivity contribution in [1.82, 2.24) is 5.17 Å². The average Bonchev–Trinajstić information content (AvgIpc) is 1.27. The molecule has 0 aliphatic heterocycles. The fourth-order valence-corrected chi connectivity index (χ4v) is 0.374. The topological polar surface area (TPSA) is 49.5 Å². The number of hydrazine groups is 1. The van der Waals surface area contributed by atoms with Crippen LogP contribution in [0.15, 0.2) is 0 Å². The van der Waals surface area contributed by atoms with Gasteiger partial charge in [-0.15, -0.1) is 5.17 Å². The van der Waals surface area contributed by atoms with E-state index in [9.17, 15) is 0 Å². The van der Waals surface area contributed by atoms with Gasteiger partial charge in [-0.2, -0.15) is 0 Å². The molecule has 0 aromatic carbocycles. The monoisotopic (exact) mass is 104 g/mol. The van der Waals surface area contributed by atoms with Crippen LogP contribution in [0.25, 0.3) is 0 Å². The largest absolute Gasteiger partial charge is 0.299 e. The molecule has 3 heteroatoms. The highest BCUT2D eigenvalue weighted by atomic mass is 16.5. The lowest BCUT2D eigenvalue weighted by atomic mass is 10.2. The molecule has 0 saturated carbocycles. The van der Waals surface area contributed by atoms with Gasteiger partial charge in [-0.3, -0.25) is 5.21 Å². The van der Waals surface area contributed by atoms with E-state index in [1.54, 1.807) is 0 Å². The maximum atomic E-state index is 8.33. The van der Waals surface area contributed by atoms with Crippen LogP contribution in [0.3, 0.4) is 0 Å². The number of nitrogens with zero attached hydrogens (tertiary/aromatic N) is 1. The molecule has 0 aliphatic carbocycles. The van der Waals surface area contributed by atoms with Crippen LogP contribution in [0.5, 0.6) is 0 Å². The lowest BCUT2D eigenvalue weighted by Gasteiger charge is -2.08. The van der Waals surface area contributed by atoms with Crippen LogP contribution >= 0.6 is 0 Å². The van der Waals surface area contributed by atoms with Gasteiger partial charge in [-0.05, 0) is 5.92 Å². The van der Waals surface area contributed by atoms with Gasteiger partial charge in [0.05, 0.1) is 0 Å². The molecule has 0 atom stereocenters. The highest BCUT2D eigenvalue weighted by Crippen LogP contribution is 1.88. The van der Waals surface area contributed by atoms with Crippen molar-refractivity contribution in [3.63, 3.8) is 0 Å². The molecule has 44 valence electrons. The maximum Gasteiger partial charge on any atom is 0.0419 e. The number of hydroxylamine groups is 1. The molecule has 0 saturated heterocycles. The summed E-state index contributed by atoms with van der Waals surface area (Å²) in [6.45, 7) is 4.49. The third-order valence-electron chi connectivity index (χ3n) is 0.552. The number of nitrogens with two attached hydrogens (primary N) is 1. The van der Waals surface area contributed by atoms with E-state index in [1.807, 2.05) is 13.8 Å². The lowest BCUT2D eigenvalue weighted by molar-refractivity contribution is -0.101. The third-order valence-corrected chi connectivity index (χ3v) is 0.552. The highest BCUT2D eigenvalue weighted by Gasteiger charge is 1.94. The summed E-state index contributed by atoms with van der Waals surface area (Å²) in [5, 5.41) is 9.03. The minimum absolute atomic E-state index is 0.426. The molecule has 0 radical (unpaired) electrons. The molecule has 0 aliphatic rings. The second-order valence-corrected chi connectivity index (χ2v) is 2.02. The van der Waals surface area contributed by atoms with E-state index in [-0.39, 0.29) is 0 Å². The molecule has 0 fully saturated rings. The number of rotatable bonds is 2. The average molecular weight is 104 g/mol. The zero-order valence-electron chi connectivity index (χ0n) is 4.76. The molecule has 0 aromatic heterocycles. The molecule has 0 heterocycles. The minimum Gasteiger partial charge on any atom is -0.299 e. The highest BCUT2D eigenvalue weighted by molar-refractivity contribution is 4.40. The normalized spacial score (nSPS) is 11.1. The first-order chi connectivity index (χ1) is 3.13. The lowest BCUT2D eigenvalue weighted by Crippen LogP contribution is -2.30. The van der Waals surface area contributed by atoms with Crippen molar-refractivity contribution >= 4 is 0 Å². The molecule has 0 bridgehead atoms. The van der Waals surface area contributed by atoms with Crippen molar-refractivity contribution in [3.8, 4) is 0 Å². The Morgan fingerprint density at radius 1 is 1.71 bits per heavy atom. The summed E-state index contributed by atoms with van der Waals surface area (Å²) in [4.78, 5) is 0. The number of hydrogen-bond acceptors (Lipinski definition) is 3. The minimum atomic E-state index is 0.426. The van der Waals surface area contributed by atoms with Crippen LogP contribution in [-0.4, -0.2) is 16.9 Å². The summed E-state index contributed by atoms with van der Waals surface area (Å²) in [5.74, 6) is 5.31. The Bertz CT molecular complexity index is 39.0. The maximum absolute atomic E-state index is 8.33. The van der Waals surface area contributed by atoms with Crippen LogP contribution in [0.1, 0.15) is 13.8 Å². The van der Waals surface area contributed by atoms with E-state index < -0.39 is 0 Å². The molecule has 3 N–H and O–H groups in total. The zero-order chi connectivity index (χ0) is 5.86. The molecule has 3 nitrogen and oxygen atoms in total. The fourth-order valence-electron chi connectivity index (χ4n) is 0.374. The first kappa shape index (κ1) is 6.88. The number of hydrogen-bond donors (Lipinski definition) is 2. The van der Waals surface area contributed by atoms with Gasteiger partial charge in [0.15, 0.2) is 0 Å². The molecule has 0 unspecified atom stereocenters. The molecule has 7 heavy (non-hydrogen) atoms. The van der Waals surface area contributed by atoms with Crippen molar-refractivity contribution < 1.29 is 5.21 Å². The van der Waals surface area contributed by atoms with Crippen LogP contribution in [0, 0.1) is 5.92 Å². The Balaban J connectivity index is 2.95. The first-order valence-electron chi connectivity index (χ1n) is 2.34. The van der Waals surface area contributed by atoms with Crippen LogP contribution < -0.4 is 5.84 Å². The Morgan fingerprint density at radius 2 is 2.14 bits per heavy atom. The predicted octanol–water partition coefficient (Wildman–Crippen LogP) is 0.207. The summed E-state index contributed by atoms with van der Waals surface area (Å²) >= 11 is 0. The Hall–Kier alpha value is -0.120. The summed E-state index contributed by atoms with van der Waals surface area (Å²) < 4.78 is 0. The molecule has 0 aromatic rings. The van der Waals surface area contributed by atoms with Crippen molar-refractivity contribution in [2.45, 2.75) is 13.8 Å². The second-order valence-electron chi connectivity index (χ2n) is 2.02. The molecular weight excluding hydrogens is 92.1 g/mol. The molecule has 0 rings (SSSR count). The van der Waals surface area contributed by atoms with Gasteiger partial charge in [0.2, 0.25) is 0 Å². The Kier molecular flexibility index (Phi) is 2.91. The van der Waals surface area contributed by atoms with Gasteiger partial charge in [0, 0.05) is 6.54 Å². The van der Waals surface area contributed by atoms with E-state index in [4.69, 9.17) is 11.0 Å². The summed E-state index contributed by atoms with van der Waals surface area (Å²) in [7, 11) is 0. The quantitative estimate of drug-likeness (QED) is 0.389. The molecule has 0 spiro atoms. The van der Waals surface area contributed by atoms with Crippen molar-refractivity contribution in [2.24, 2.45) is 11.8 Å².